The van der Waals surface area contributed by atoms with Crippen molar-refractivity contribution in [1.29, 1.82) is 0 Å². The van der Waals surface area contributed by atoms with Crippen LogP contribution in [-0.2, 0) is 21.3 Å². The minimum absolute atomic E-state index is 0. The predicted molar refractivity (Wildman–Crippen MR) is 126 cm³/mol. The minimum Gasteiger partial charge on any atom is -0.147 e. The standard InChI is InChI=1S/C13H9.C8H8.C5H5.2ClH.Zr/c1-3-7-12-10(5-1)9-11-6-2-4-8-13(11)12;1-2-8-6-4-3-5-7-8;1-2-4-5-3-1;;;/h1-9H;3-7H,1H3;1-3H,4H2;2*1H;. The molecule has 0 unspecified atom stereocenters. The first-order valence-corrected chi connectivity index (χ1v) is 13.5. The summed E-state index contributed by atoms with van der Waals surface area (Å²) in [6.07, 6.45) is 8.16. The van der Waals surface area contributed by atoms with Crippen LogP contribution >= 0.6 is 24.8 Å². The summed E-state index contributed by atoms with van der Waals surface area (Å²) in [5.74, 6) is 0. The van der Waals surface area contributed by atoms with E-state index in [-0.39, 0.29) is 24.8 Å². The van der Waals surface area contributed by atoms with Crippen molar-refractivity contribution in [2.75, 3.05) is 0 Å². The molecule has 146 valence electrons. The van der Waals surface area contributed by atoms with Gasteiger partial charge in [0, 0.05) is 0 Å². The van der Waals surface area contributed by atoms with Gasteiger partial charge in [0.2, 0.25) is 0 Å². The van der Waals surface area contributed by atoms with Crippen molar-refractivity contribution >= 4 is 28.0 Å². The molecule has 3 heteroatoms. The zero-order valence-electron chi connectivity index (χ0n) is 16.3. The molecule has 0 saturated heterocycles. The third kappa shape index (κ3) is 3.94. The first-order chi connectivity index (χ1) is 13.3. The fraction of sp³-hybridized carbons (Fsp3) is 0.115. The van der Waals surface area contributed by atoms with Crippen molar-refractivity contribution in [3.05, 3.63) is 117 Å². The van der Waals surface area contributed by atoms with E-state index in [1.807, 2.05) is 0 Å². The molecule has 0 aromatic heterocycles. The Kier molecular flexibility index (Phi) is 7.28. The summed E-state index contributed by atoms with van der Waals surface area (Å²) in [6.45, 7) is 2.41. The maximum atomic E-state index is 2.42. The average molecular weight is 499 g/mol. The van der Waals surface area contributed by atoms with Crippen LogP contribution in [0.3, 0.4) is 0 Å². The molecule has 2 aliphatic rings. The van der Waals surface area contributed by atoms with Gasteiger partial charge in [0.25, 0.3) is 0 Å². The molecule has 0 radical (unpaired) electrons. The first-order valence-electron chi connectivity index (χ1n) is 9.65. The van der Waals surface area contributed by atoms with Gasteiger partial charge < -0.3 is 0 Å². The van der Waals surface area contributed by atoms with Gasteiger partial charge in [-0.3, -0.25) is 0 Å². The summed E-state index contributed by atoms with van der Waals surface area (Å²) < 4.78 is 3.95. The van der Waals surface area contributed by atoms with E-state index in [4.69, 9.17) is 0 Å². The van der Waals surface area contributed by atoms with Crippen LogP contribution in [-0.4, -0.2) is 3.21 Å². The first kappa shape index (κ1) is 22.2. The van der Waals surface area contributed by atoms with Crippen molar-refractivity contribution in [2.24, 2.45) is 0 Å². The molecule has 0 atom stereocenters. The van der Waals surface area contributed by atoms with E-state index in [9.17, 15) is 0 Å². The van der Waals surface area contributed by atoms with E-state index in [0.717, 1.165) is 6.42 Å². The molecule has 0 heterocycles. The fourth-order valence-corrected chi connectivity index (χ4v) is 13.2. The summed E-state index contributed by atoms with van der Waals surface area (Å²) >= 11 is -2.17. The van der Waals surface area contributed by atoms with Crippen LogP contribution in [0.4, 0.5) is 0 Å². The Morgan fingerprint density at radius 1 is 0.759 bits per heavy atom. The molecule has 3 aromatic carbocycles. The van der Waals surface area contributed by atoms with E-state index < -0.39 is 21.3 Å². The average Bonchev–Trinajstić information content (AvgIpc) is 3.37. The second-order valence-electron chi connectivity index (χ2n) is 7.34. The van der Waals surface area contributed by atoms with Crippen molar-refractivity contribution < 1.29 is 21.3 Å². The molecular formula is C26H24Cl2Zr. The number of halogens is 2. The number of benzene rings is 3. The van der Waals surface area contributed by atoms with Crippen LogP contribution in [0, 0.1) is 0 Å². The van der Waals surface area contributed by atoms with Gasteiger partial charge in [-0.1, -0.05) is 0 Å². The molecule has 0 fully saturated rings. The molecular weight excluding hydrogens is 474 g/mol. The van der Waals surface area contributed by atoms with E-state index >= 15 is 0 Å². The van der Waals surface area contributed by atoms with Crippen LogP contribution in [0.25, 0.3) is 11.1 Å². The number of hydrogen-bond donors (Lipinski definition) is 0. The summed E-state index contributed by atoms with van der Waals surface area (Å²) in [5, 5.41) is 0. The van der Waals surface area contributed by atoms with Gasteiger partial charge >= 0.3 is 170 Å². The maximum absolute atomic E-state index is 2.42. The Bertz CT molecular complexity index is 1060. The predicted octanol–water partition coefficient (Wildman–Crippen LogP) is 7.30. The van der Waals surface area contributed by atoms with Gasteiger partial charge in [-0.15, -0.1) is 24.8 Å². The Morgan fingerprint density at radius 3 is 1.86 bits per heavy atom. The van der Waals surface area contributed by atoms with Gasteiger partial charge in [0.15, 0.2) is 0 Å². The second-order valence-corrected chi connectivity index (χ2v) is 14.2. The Morgan fingerprint density at radius 2 is 1.31 bits per heavy atom. The normalized spacial score (nSPS) is 14.9. The molecule has 0 N–H and O–H groups in total. The van der Waals surface area contributed by atoms with Gasteiger partial charge in [-0.25, -0.2) is 0 Å². The van der Waals surface area contributed by atoms with Crippen molar-refractivity contribution in [3.63, 3.8) is 0 Å². The quantitative estimate of drug-likeness (QED) is 0.355. The molecule has 0 aliphatic heterocycles. The minimum atomic E-state index is -2.17. The molecule has 2 aliphatic carbocycles. The third-order valence-electron chi connectivity index (χ3n) is 5.85. The van der Waals surface area contributed by atoms with Crippen molar-refractivity contribution in [3.8, 4) is 11.1 Å². The number of fused-ring (bicyclic) bond motifs is 3. The van der Waals surface area contributed by atoms with Gasteiger partial charge in [0.05, 0.1) is 0 Å². The molecule has 29 heavy (non-hydrogen) atoms. The Hall–Kier alpha value is -1.53. The van der Waals surface area contributed by atoms with E-state index in [2.05, 4.69) is 104 Å². The summed E-state index contributed by atoms with van der Waals surface area (Å²) in [7, 11) is 0. The monoisotopic (exact) mass is 496 g/mol. The topological polar surface area (TPSA) is 0 Å². The fourth-order valence-electron chi connectivity index (χ4n) is 4.60. The maximum Gasteiger partial charge on any atom is -0.147 e. The number of hydrogen-bond acceptors (Lipinski definition) is 0. The SMILES string of the molecule is C/[C](c1ccccc1)=[Zr](/[C]1=CC=CC1)[CH]1c2ccccc2-c2ccccc21.Cl.Cl. The van der Waals surface area contributed by atoms with Crippen LogP contribution in [0.15, 0.2) is 100 Å². The third-order valence-corrected chi connectivity index (χ3v) is 14.1. The second kappa shape index (κ2) is 9.52. The largest absolute Gasteiger partial charge is 0.147 e. The zero-order chi connectivity index (χ0) is 18.2. The smallest absolute Gasteiger partial charge is 0.147 e. The number of rotatable bonds is 3. The van der Waals surface area contributed by atoms with E-state index in [1.54, 1.807) is 17.6 Å². The summed E-state index contributed by atoms with van der Waals surface area (Å²) in [4.78, 5) is 0. The van der Waals surface area contributed by atoms with Crippen LogP contribution < -0.4 is 0 Å². The molecule has 0 spiro atoms. The van der Waals surface area contributed by atoms with Crippen LogP contribution in [0.2, 0.25) is 0 Å². The van der Waals surface area contributed by atoms with Gasteiger partial charge in [0.1, 0.15) is 0 Å². The van der Waals surface area contributed by atoms with Crippen LogP contribution in [0.5, 0.6) is 0 Å². The molecule has 0 bridgehead atoms. The molecule has 0 amide bonds. The van der Waals surface area contributed by atoms with Crippen LogP contribution in [0.1, 0.15) is 33.7 Å². The van der Waals surface area contributed by atoms with Crippen molar-refractivity contribution in [2.45, 2.75) is 17.0 Å². The Labute approximate surface area is 193 Å². The molecule has 3 aromatic rings. The van der Waals surface area contributed by atoms with Gasteiger partial charge in [-0.05, 0) is 0 Å². The van der Waals surface area contributed by atoms with Gasteiger partial charge in [-0.2, -0.15) is 0 Å². The summed E-state index contributed by atoms with van der Waals surface area (Å²) in [6, 6.07) is 29.3. The molecule has 0 saturated carbocycles. The molecule has 5 rings (SSSR count). The van der Waals surface area contributed by atoms with Crippen molar-refractivity contribution in [1.82, 2.24) is 0 Å². The number of allylic oxidation sites excluding steroid dienone is 4. The molecule has 0 nitrogen and oxygen atoms in total. The summed E-state index contributed by atoms with van der Waals surface area (Å²) in [5.41, 5.74) is 7.43. The Balaban J connectivity index is 0.00000120. The zero-order valence-corrected chi connectivity index (χ0v) is 20.4. The van der Waals surface area contributed by atoms with E-state index in [0.29, 0.717) is 3.63 Å². The van der Waals surface area contributed by atoms with E-state index in [1.165, 1.54) is 16.7 Å².